The van der Waals surface area contributed by atoms with Crippen LogP contribution >= 0.6 is 0 Å². The molecule has 0 unspecified atom stereocenters. The molecule has 0 amide bonds. The van der Waals surface area contributed by atoms with Crippen LogP contribution in [-0.2, 0) is 17.8 Å². The van der Waals surface area contributed by atoms with Gasteiger partial charge in [0.15, 0.2) is 0 Å². The molecule has 146 valence electrons. The van der Waals surface area contributed by atoms with Crippen LogP contribution in [0, 0.1) is 0 Å². The fourth-order valence-electron chi connectivity index (χ4n) is 3.74. The fraction of sp³-hybridized carbons (Fsp3) is 0.714. The second-order valence-corrected chi connectivity index (χ2v) is 7.53. The SMILES string of the molecule is c1cc(CNCCN2CCOCC2)ccc1CNCCCN1CCCC1. The number of nitrogens with zero attached hydrogens (tertiary/aromatic N) is 2. The van der Waals surface area contributed by atoms with Crippen molar-refractivity contribution < 1.29 is 4.74 Å². The van der Waals surface area contributed by atoms with Gasteiger partial charge in [-0.25, -0.2) is 0 Å². The topological polar surface area (TPSA) is 39.8 Å². The molecule has 0 bridgehead atoms. The Morgan fingerprint density at radius 1 is 0.731 bits per heavy atom. The van der Waals surface area contributed by atoms with Gasteiger partial charge in [0.25, 0.3) is 0 Å². The van der Waals surface area contributed by atoms with Crippen molar-refractivity contribution in [2.24, 2.45) is 0 Å². The fourth-order valence-corrected chi connectivity index (χ4v) is 3.74. The molecule has 5 heteroatoms. The first-order valence-corrected chi connectivity index (χ1v) is 10.4. The van der Waals surface area contributed by atoms with E-state index in [9.17, 15) is 0 Å². The smallest absolute Gasteiger partial charge is 0.0594 e. The van der Waals surface area contributed by atoms with Gasteiger partial charge < -0.3 is 20.3 Å². The largest absolute Gasteiger partial charge is 0.379 e. The summed E-state index contributed by atoms with van der Waals surface area (Å²) in [4.78, 5) is 5.05. The summed E-state index contributed by atoms with van der Waals surface area (Å²) in [5, 5.41) is 7.13. The Bertz CT molecular complexity index is 481. The number of hydrogen-bond acceptors (Lipinski definition) is 5. The van der Waals surface area contributed by atoms with Gasteiger partial charge in [-0.1, -0.05) is 24.3 Å². The molecule has 0 atom stereocenters. The maximum atomic E-state index is 5.38. The first-order chi connectivity index (χ1) is 12.9. The maximum absolute atomic E-state index is 5.38. The van der Waals surface area contributed by atoms with E-state index in [0.717, 1.165) is 59.0 Å². The molecule has 1 aromatic carbocycles. The van der Waals surface area contributed by atoms with Crippen molar-refractivity contribution in [1.82, 2.24) is 20.4 Å². The van der Waals surface area contributed by atoms with Crippen LogP contribution in [0.15, 0.2) is 24.3 Å². The Morgan fingerprint density at radius 2 is 1.31 bits per heavy atom. The monoisotopic (exact) mass is 360 g/mol. The Morgan fingerprint density at radius 3 is 1.96 bits per heavy atom. The van der Waals surface area contributed by atoms with Crippen molar-refractivity contribution in [3.05, 3.63) is 35.4 Å². The van der Waals surface area contributed by atoms with Gasteiger partial charge in [0, 0.05) is 39.3 Å². The summed E-state index contributed by atoms with van der Waals surface area (Å²) in [6.45, 7) is 13.0. The summed E-state index contributed by atoms with van der Waals surface area (Å²) in [5.41, 5.74) is 2.74. The van der Waals surface area contributed by atoms with Crippen LogP contribution in [0.25, 0.3) is 0 Å². The normalized spacial score (nSPS) is 19.2. The third-order valence-electron chi connectivity index (χ3n) is 5.42. The zero-order valence-corrected chi connectivity index (χ0v) is 16.2. The summed E-state index contributed by atoms with van der Waals surface area (Å²) >= 11 is 0. The Balaban J connectivity index is 1.22. The molecular formula is C21H36N4O. The van der Waals surface area contributed by atoms with Gasteiger partial charge in [-0.05, 0) is 56.6 Å². The van der Waals surface area contributed by atoms with Crippen molar-refractivity contribution in [1.29, 1.82) is 0 Å². The van der Waals surface area contributed by atoms with E-state index in [4.69, 9.17) is 4.74 Å². The lowest BCUT2D eigenvalue weighted by Crippen LogP contribution is -2.40. The van der Waals surface area contributed by atoms with Gasteiger partial charge >= 0.3 is 0 Å². The number of ether oxygens (including phenoxy) is 1. The Hall–Kier alpha value is -0.980. The van der Waals surface area contributed by atoms with E-state index in [0.29, 0.717) is 0 Å². The van der Waals surface area contributed by atoms with Gasteiger partial charge in [-0.15, -0.1) is 0 Å². The van der Waals surface area contributed by atoms with Gasteiger partial charge in [-0.3, -0.25) is 4.90 Å². The summed E-state index contributed by atoms with van der Waals surface area (Å²) in [5.74, 6) is 0. The van der Waals surface area contributed by atoms with Crippen molar-refractivity contribution in [2.45, 2.75) is 32.4 Å². The summed E-state index contributed by atoms with van der Waals surface area (Å²) in [6, 6.07) is 9.02. The number of hydrogen-bond donors (Lipinski definition) is 2. The first kappa shape index (κ1) is 19.8. The molecule has 0 saturated carbocycles. The second kappa shape index (κ2) is 11.7. The number of nitrogens with one attached hydrogen (secondary N) is 2. The lowest BCUT2D eigenvalue weighted by molar-refractivity contribution is 0.0384. The van der Waals surface area contributed by atoms with Crippen LogP contribution in [-0.4, -0.2) is 75.4 Å². The molecule has 2 aliphatic heterocycles. The van der Waals surface area contributed by atoms with E-state index >= 15 is 0 Å². The summed E-state index contributed by atoms with van der Waals surface area (Å²) < 4.78 is 5.38. The van der Waals surface area contributed by atoms with E-state index in [-0.39, 0.29) is 0 Å². The van der Waals surface area contributed by atoms with Crippen LogP contribution in [0.2, 0.25) is 0 Å². The van der Waals surface area contributed by atoms with Crippen LogP contribution < -0.4 is 10.6 Å². The van der Waals surface area contributed by atoms with E-state index in [1.807, 2.05) is 0 Å². The molecule has 2 heterocycles. The zero-order valence-electron chi connectivity index (χ0n) is 16.2. The highest BCUT2D eigenvalue weighted by atomic mass is 16.5. The average molecular weight is 361 g/mol. The third-order valence-corrected chi connectivity index (χ3v) is 5.42. The number of benzene rings is 1. The predicted octanol–water partition coefficient (Wildman–Crippen LogP) is 1.68. The molecule has 3 rings (SSSR count). The molecule has 0 spiro atoms. The molecule has 2 saturated heterocycles. The Kier molecular flexibility index (Phi) is 8.88. The lowest BCUT2D eigenvalue weighted by Gasteiger charge is -2.26. The molecule has 0 aromatic heterocycles. The van der Waals surface area contributed by atoms with Crippen LogP contribution in [0.1, 0.15) is 30.4 Å². The average Bonchev–Trinajstić information content (AvgIpc) is 3.20. The Labute approximate surface area is 159 Å². The molecule has 2 aliphatic rings. The maximum Gasteiger partial charge on any atom is 0.0594 e. The number of likely N-dealkylation sites (tertiary alicyclic amines) is 1. The van der Waals surface area contributed by atoms with Gasteiger partial charge in [0.05, 0.1) is 13.2 Å². The zero-order chi connectivity index (χ0) is 17.9. The molecule has 1 aromatic rings. The minimum absolute atomic E-state index is 0.883. The van der Waals surface area contributed by atoms with Gasteiger partial charge in [0.1, 0.15) is 0 Å². The second-order valence-electron chi connectivity index (χ2n) is 7.53. The summed E-state index contributed by atoms with van der Waals surface area (Å²) in [7, 11) is 0. The molecule has 0 radical (unpaired) electrons. The number of morpholine rings is 1. The van der Waals surface area contributed by atoms with Gasteiger partial charge in [0.2, 0.25) is 0 Å². The van der Waals surface area contributed by atoms with Crippen LogP contribution in [0.3, 0.4) is 0 Å². The minimum Gasteiger partial charge on any atom is -0.379 e. The van der Waals surface area contributed by atoms with Crippen LogP contribution in [0.5, 0.6) is 0 Å². The molecule has 2 N–H and O–H groups in total. The van der Waals surface area contributed by atoms with Crippen molar-refractivity contribution in [3.63, 3.8) is 0 Å². The summed E-state index contributed by atoms with van der Waals surface area (Å²) in [6.07, 6.45) is 4.04. The highest BCUT2D eigenvalue weighted by Crippen LogP contribution is 2.07. The predicted molar refractivity (Wildman–Crippen MR) is 107 cm³/mol. The van der Waals surface area contributed by atoms with Crippen molar-refractivity contribution >= 4 is 0 Å². The highest BCUT2D eigenvalue weighted by molar-refractivity contribution is 5.22. The molecule has 2 fully saturated rings. The first-order valence-electron chi connectivity index (χ1n) is 10.4. The molecule has 5 nitrogen and oxygen atoms in total. The molecule has 0 aliphatic carbocycles. The lowest BCUT2D eigenvalue weighted by atomic mass is 10.1. The van der Waals surface area contributed by atoms with E-state index in [1.54, 1.807) is 0 Å². The van der Waals surface area contributed by atoms with Crippen molar-refractivity contribution in [2.75, 3.05) is 65.6 Å². The number of rotatable bonds is 11. The van der Waals surface area contributed by atoms with Crippen molar-refractivity contribution in [3.8, 4) is 0 Å². The van der Waals surface area contributed by atoms with E-state index in [2.05, 4.69) is 44.7 Å². The van der Waals surface area contributed by atoms with Gasteiger partial charge in [-0.2, -0.15) is 0 Å². The molecule has 26 heavy (non-hydrogen) atoms. The van der Waals surface area contributed by atoms with E-state index in [1.165, 1.54) is 50.0 Å². The highest BCUT2D eigenvalue weighted by Gasteiger charge is 2.10. The van der Waals surface area contributed by atoms with Crippen LogP contribution in [0.4, 0.5) is 0 Å². The molecular weight excluding hydrogens is 324 g/mol. The minimum atomic E-state index is 0.883. The quantitative estimate of drug-likeness (QED) is 0.588. The van der Waals surface area contributed by atoms with E-state index < -0.39 is 0 Å². The third kappa shape index (κ3) is 7.33. The standard InChI is InChI=1S/C21H36N4O/c1-2-11-24(10-1)12-3-8-22-18-20-4-6-21(7-5-20)19-23-9-13-25-14-16-26-17-15-25/h4-7,22-23H,1-3,8-19H2.